The van der Waals surface area contributed by atoms with Crippen molar-refractivity contribution in [3.05, 3.63) is 48.5 Å². The molecule has 5 nitrogen and oxygen atoms in total. The van der Waals surface area contributed by atoms with E-state index in [-0.39, 0.29) is 4.90 Å². The van der Waals surface area contributed by atoms with Crippen molar-refractivity contribution in [2.75, 3.05) is 5.32 Å². The van der Waals surface area contributed by atoms with Gasteiger partial charge >= 0.3 is 0 Å². The Bertz CT molecular complexity index is 858. The van der Waals surface area contributed by atoms with Gasteiger partial charge in [0.25, 0.3) is 0 Å². The summed E-state index contributed by atoms with van der Waals surface area (Å²) in [5.41, 5.74) is 1.67. The largest absolute Gasteiger partial charge is 0.332 e. The second-order valence-corrected chi connectivity index (χ2v) is 6.78. The van der Waals surface area contributed by atoms with Crippen LogP contribution in [-0.4, -0.2) is 13.4 Å². The van der Waals surface area contributed by atoms with Gasteiger partial charge in [-0.15, -0.1) is 0 Å². The highest BCUT2D eigenvalue weighted by Crippen LogP contribution is 2.29. The van der Waals surface area contributed by atoms with Crippen LogP contribution in [0.1, 0.15) is 0 Å². The normalized spacial score (nSPS) is 11.7. The van der Waals surface area contributed by atoms with Crippen molar-refractivity contribution >= 4 is 42.4 Å². The molecule has 0 radical (unpaired) electrons. The third-order valence-electron chi connectivity index (χ3n) is 2.71. The summed E-state index contributed by atoms with van der Waals surface area (Å²) in [7, 11) is -3.69. The monoisotopic (exact) mass is 305 g/mol. The number of para-hydroxylation sites is 1. The van der Waals surface area contributed by atoms with Crippen molar-refractivity contribution in [2.24, 2.45) is 5.14 Å². The lowest BCUT2D eigenvalue weighted by atomic mass is 10.3. The lowest BCUT2D eigenvalue weighted by Gasteiger charge is -1.99. The van der Waals surface area contributed by atoms with Crippen molar-refractivity contribution in [1.82, 2.24) is 4.98 Å². The third-order valence-corrected chi connectivity index (χ3v) is 4.56. The quantitative estimate of drug-likeness (QED) is 0.779. The first-order valence-corrected chi connectivity index (χ1v) is 8.14. The van der Waals surface area contributed by atoms with Gasteiger partial charge in [-0.1, -0.05) is 29.5 Å². The van der Waals surface area contributed by atoms with E-state index in [0.717, 1.165) is 15.9 Å². The van der Waals surface area contributed by atoms with E-state index >= 15 is 0 Å². The number of nitrogens with two attached hydrogens (primary N) is 1. The standard InChI is InChI=1S/C13H11N3O2S2/c14-20(17,18)10-6-7-11-12(8-10)19-13(16-11)15-9-4-2-1-3-5-9/h1-8H,(H,15,16)(H2,14,17,18). The first-order chi connectivity index (χ1) is 9.52. The number of primary sulfonamides is 1. The molecular formula is C13H11N3O2S2. The van der Waals surface area contributed by atoms with E-state index in [9.17, 15) is 8.42 Å². The van der Waals surface area contributed by atoms with Gasteiger partial charge in [-0.3, -0.25) is 0 Å². The van der Waals surface area contributed by atoms with E-state index < -0.39 is 10.0 Å². The number of fused-ring (bicyclic) bond motifs is 1. The molecule has 1 heterocycles. The Balaban J connectivity index is 1.99. The van der Waals surface area contributed by atoms with Crippen LogP contribution in [0.2, 0.25) is 0 Å². The summed E-state index contributed by atoms with van der Waals surface area (Å²) >= 11 is 1.38. The Labute approximate surface area is 120 Å². The average molecular weight is 305 g/mol. The van der Waals surface area contributed by atoms with Crippen LogP contribution in [0.3, 0.4) is 0 Å². The van der Waals surface area contributed by atoms with Gasteiger partial charge in [-0.2, -0.15) is 0 Å². The molecule has 1 aromatic heterocycles. The molecule has 0 aliphatic heterocycles. The molecule has 3 N–H and O–H groups in total. The average Bonchev–Trinajstić information content (AvgIpc) is 2.80. The summed E-state index contributed by atoms with van der Waals surface area (Å²) < 4.78 is 23.4. The van der Waals surface area contributed by atoms with Gasteiger partial charge in [0, 0.05) is 5.69 Å². The topological polar surface area (TPSA) is 85.1 Å². The number of nitrogens with one attached hydrogen (secondary N) is 1. The summed E-state index contributed by atoms with van der Waals surface area (Å²) in [6, 6.07) is 14.3. The zero-order valence-electron chi connectivity index (χ0n) is 10.3. The molecule has 0 saturated carbocycles. The zero-order chi connectivity index (χ0) is 14.2. The maximum absolute atomic E-state index is 11.3. The first-order valence-electron chi connectivity index (χ1n) is 5.78. The second-order valence-electron chi connectivity index (χ2n) is 4.18. The summed E-state index contributed by atoms with van der Waals surface area (Å²) in [4.78, 5) is 4.50. The van der Waals surface area contributed by atoms with Crippen molar-refractivity contribution < 1.29 is 8.42 Å². The molecule has 0 atom stereocenters. The molecular weight excluding hydrogens is 294 g/mol. The highest BCUT2D eigenvalue weighted by molar-refractivity contribution is 7.89. The van der Waals surface area contributed by atoms with Gasteiger partial charge in [0.1, 0.15) is 0 Å². The molecule has 0 aliphatic rings. The SMILES string of the molecule is NS(=O)(=O)c1ccc2nc(Nc3ccccc3)sc2c1. The van der Waals surface area contributed by atoms with Gasteiger partial charge in [-0.25, -0.2) is 18.5 Å². The number of benzene rings is 2. The minimum atomic E-state index is -3.69. The van der Waals surface area contributed by atoms with E-state index in [1.165, 1.54) is 17.4 Å². The first kappa shape index (κ1) is 13.0. The number of nitrogens with zero attached hydrogens (tertiary/aromatic N) is 1. The maximum atomic E-state index is 11.3. The number of hydrogen-bond acceptors (Lipinski definition) is 5. The summed E-state index contributed by atoms with van der Waals surface area (Å²) in [6.45, 7) is 0. The Morgan fingerprint density at radius 2 is 1.85 bits per heavy atom. The van der Waals surface area contributed by atoms with Crippen molar-refractivity contribution in [2.45, 2.75) is 4.90 Å². The zero-order valence-corrected chi connectivity index (χ0v) is 11.9. The number of rotatable bonds is 3. The van der Waals surface area contributed by atoms with Crippen LogP contribution in [0.15, 0.2) is 53.4 Å². The fourth-order valence-electron chi connectivity index (χ4n) is 1.78. The molecule has 102 valence electrons. The van der Waals surface area contributed by atoms with E-state index in [0.29, 0.717) is 5.13 Å². The van der Waals surface area contributed by atoms with Gasteiger partial charge in [-0.05, 0) is 30.3 Å². The molecule has 0 spiro atoms. The molecule has 0 aliphatic carbocycles. The van der Waals surface area contributed by atoms with Crippen molar-refractivity contribution in [3.8, 4) is 0 Å². The molecule has 0 unspecified atom stereocenters. The number of thiazole rings is 1. The number of aromatic nitrogens is 1. The van der Waals surface area contributed by atoms with Crippen LogP contribution in [0, 0.1) is 0 Å². The molecule has 3 rings (SSSR count). The Morgan fingerprint density at radius 3 is 2.55 bits per heavy atom. The summed E-state index contributed by atoms with van der Waals surface area (Å²) in [6.07, 6.45) is 0. The highest BCUT2D eigenvalue weighted by Gasteiger charge is 2.11. The van der Waals surface area contributed by atoms with Crippen molar-refractivity contribution in [3.63, 3.8) is 0 Å². The number of anilines is 2. The van der Waals surface area contributed by atoms with Gasteiger partial charge in [0.05, 0.1) is 15.1 Å². The number of hydrogen-bond donors (Lipinski definition) is 2. The smallest absolute Gasteiger partial charge is 0.238 e. The van der Waals surface area contributed by atoms with Gasteiger partial charge in [0.15, 0.2) is 5.13 Å². The van der Waals surface area contributed by atoms with Gasteiger partial charge < -0.3 is 5.32 Å². The Morgan fingerprint density at radius 1 is 1.10 bits per heavy atom. The summed E-state index contributed by atoms with van der Waals surface area (Å²) in [5, 5.41) is 9.00. The van der Waals surface area contributed by atoms with E-state index in [2.05, 4.69) is 10.3 Å². The summed E-state index contributed by atoms with van der Waals surface area (Å²) in [5.74, 6) is 0. The second kappa shape index (κ2) is 4.86. The minimum Gasteiger partial charge on any atom is -0.332 e. The molecule has 0 bridgehead atoms. The number of sulfonamides is 1. The molecule has 20 heavy (non-hydrogen) atoms. The lowest BCUT2D eigenvalue weighted by molar-refractivity contribution is 0.598. The third kappa shape index (κ3) is 2.64. The molecule has 7 heteroatoms. The highest BCUT2D eigenvalue weighted by atomic mass is 32.2. The molecule has 0 saturated heterocycles. The Hall–Kier alpha value is -1.96. The van der Waals surface area contributed by atoms with Crippen LogP contribution in [0.5, 0.6) is 0 Å². The maximum Gasteiger partial charge on any atom is 0.238 e. The van der Waals surface area contributed by atoms with Crippen LogP contribution >= 0.6 is 11.3 Å². The predicted molar refractivity (Wildman–Crippen MR) is 80.7 cm³/mol. The fourth-order valence-corrected chi connectivity index (χ4v) is 3.32. The van der Waals surface area contributed by atoms with Gasteiger partial charge in [0.2, 0.25) is 10.0 Å². The Kier molecular flexibility index (Phi) is 3.17. The fraction of sp³-hybridized carbons (Fsp3) is 0. The van der Waals surface area contributed by atoms with E-state index in [1.54, 1.807) is 12.1 Å². The molecule has 3 aromatic rings. The molecule has 0 fully saturated rings. The van der Waals surface area contributed by atoms with E-state index in [4.69, 9.17) is 5.14 Å². The van der Waals surface area contributed by atoms with Crippen LogP contribution in [0.25, 0.3) is 10.2 Å². The van der Waals surface area contributed by atoms with Crippen LogP contribution < -0.4 is 10.5 Å². The van der Waals surface area contributed by atoms with Crippen LogP contribution in [0.4, 0.5) is 10.8 Å². The minimum absolute atomic E-state index is 0.0971. The lowest BCUT2D eigenvalue weighted by Crippen LogP contribution is -2.11. The molecule has 2 aromatic carbocycles. The van der Waals surface area contributed by atoms with Crippen LogP contribution in [-0.2, 0) is 10.0 Å². The van der Waals surface area contributed by atoms with Crippen molar-refractivity contribution in [1.29, 1.82) is 0 Å². The molecule has 0 amide bonds. The predicted octanol–water partition coefficient (Wildman–Crippen LogP) is 2.69. The van der Waals surface area contributed by atoms with E-state index in [1.807, 2.05) is 30.3 Å².